The Morgan fingerprint density at radius 2 is 1.77 bits per heavy atom. The van der Waals surface area contributed by atoms with E-state index in [4.69, 9.17) is 0 Å². The van der Waals surface area contributed by atoms with Gasteiger partial charge in [-0.05, 0) is 56.3 Å². The van der Waals surface area contributed by atoms with Crippen LogP contribution in [0.1, 0.15) is 21.5 Å². The minimum atomic E-state index is -3.62. The van der Waals surface area contributed by atoms with Gasteiger partial charge in [0.2, 0.25) is 10.0 Å². The number of amides is 1. The zero-order valence-corrected chi connectivity index (χ0v) is 16.4. The van der Waals surface area contributed by atoms with Crippen molar-refractivity contribution in [2.45, 2.75) is 18.7 Å². The van der Waals surface area contributed by atoms with Crippen molar-refractivity contribution in [1.82, 2.24) is 10.0 Å². The Morgan fingerprint density at radius 1 is 1.12 bits per heavy atom. The predicted octanol–water partition coefficient (Wildman–Crippen LogP) is 2.08. The zero-order valence-electron chi connectivity index (χ0n) is 15.5. The van der Waals surface area contributed by atoms with Gasteiger partial charge in [0.15, 0.2) is 0 Å². The monoisotopic (exact) mass is 375 g/mol. The molecule has 26 heavy (non-hydrogen) atoms. The first-order valence-electron chi connectivity index (χ1n) is 8.35. The normalized spacial score (nSPS) is 11.2. The Bertz CT molecular complexity index is 880. The van der Waals surface area contributed by atoms with Crippen molar-refractivity contribution in [2.24, 2.45) is 0 Å². The molecule has 0 fully saturated rings. The van der Waals surface area contributed by atoms with Gasteiger partial charge in [0, 0.05) is 31.4 Å². The topological polar surface area (TPSA) is 78.5 Å². The van der Waals surface area contributed by atoms with E-state index >= 15 is 0 Å². The summed E-state index contributed by atoms with van der Waals surface area (Å²) < 4.78 is 26.6. The standard InChI is InChI=1S/C19H25N3O3S/c1-14-12-16(13-18(15(14)2)26(24,25)20-3)19(23)21-10-11-22(4)17-8-6-5-7-9-17/h5-9,12-13,20H,10-11H2,1-4H3,(H,21,23). The number of carbonyl (C=O) groups is 1. The van der Waals surface area contributed by atoms with E-state index < -0.39 is 10.0 Å². The summed E-state index contributed by atoms with van der Waals surface area (Å²) in [6.07, 6.45) is 0. The van der Waals surface area contributed by atoms with Crippen LogP contribution in [0.3, 0.4) is 0 Å². The SMILES string of the molecule is CNS(=O)(=O)c1cc(C(=O)NCCN(C)c2ccccc2)cc(C)c1C. The molecule has 0 atom stereocenters. The van der Waals surface area contributed by atoms with Crippen LogP contribution in [-0.4, -0.2) is 41.5 Å². The molecule has 2 aromatic carbocycles. The van der Waals surface area contributed by atoms with E-state index in [1.165, 1.54) is 13.1 Å². The van der Waals surface area contributed by atoms with E-state index in [-0.39, 0.29) is 10.8 Å². The maximum absolute atomic E-state index is 12.4. The summed E-state index contributed by atoms with van der Waals surface area (Å²) in [6, 6.07) is 13.0. The molecular weight excluding hydrogens is 350 g/mol. The van der Waals surface area contributed by atoms with Gasteiger partial charge in [-0.3, -0.25) is 4.79 Å². The Hall–Kier alpha value is -2.38. The third-order valence-corrected chi connectivity index (χ3v) is 5.91. The first kappa shape index (κ1) is 19.9. The highest BCUT2D eigenvalue weighted by molar-refractivity contribution is 7.89. The van der Waals surface area contributed by atoms with Crippen molar-refractivity contribution in [3.05, 3.63) is 59.2 Å². The fourth-order valence-electron chi connectivity index (χ4n) is 2.60. The number of aryl methyl sites for hydroxylation is 1. The van der Waals surface area contributed by atoms with Gasteiger partial charge in [-0.25, -0.2) is 13.1 Å². The molecule has 0 saturated heterocycles. The Morgan fingerprint density at radius 3 is 2.38 bits per heavy atom. The van der Waals surface area contributed by atoms with Gasteiger partial charge in [0.25, 0.3) is 5.91 Å². The molecule has 140 valence electrons. The summed E-state index contributed by atoms with van der Waals surface area (Å²) in [5.41, 5.74) is 2.80. The lowest BCUT2D eigenvalue weighted by Gasteiger charge is -2.19. The maximum atomic E-state index is 12.4. The van der Waals surface area contributed by atoms with Crippen molar-refractivity contribution in [3.8, 4) is 0 Å². The number of para-hydroxylation sites is 1. The number of nitrogens with one attached hydrogen (secondary N) is 2. The molecule has 7 heteroatoms. The van der Waals surface area contributed by atoms with Gasteiger partial charge < -0.3 is 10.2 Å². The smallest absolute Gasteiger partial charge is 0.251 e. The van der Waals surface area contributed by atoms with Crippen molar-refractivity contribution >= 4 is 21.6 Å². The lowest BCUT2D eigenvalue weighted by Crippen LogP contribution is -2.33. The molecule has 2 N–H and O–H groups in total. The van der Waals surface area contributed by atoms with Gasteiger partial charge in [-0.2, -0.15) is 0 Å². The van der Waals surface area contributed by atoms with Gasteiger partial charge in [-0.1, -0.05) is 18.2 Å². The van der Waals surface area contributed by atoms with E-state index in [1.54, 1.807) is 19.9 Å². The quantitative estimate of drug-likeness (QED) is 0.777. The van der Waals surface area contributed by atoms with Crippen LogP contribution in [0.25, 0.3) is 0 Å². The lowest BCUT2D eigenvalue weighted by molar-refractivity contribution is 0.0954. The summed E-state index contributed by atoms with van der Waals surface area (Å²) in [7, 11) is -0.305. The van der Waals surface area contributed by atoms with E-state index in [0.717, 1.165) is 11.3 Å². The first-order valence-corrected chi connectivity index (χ1v) is 9.83. The summed E-state index contributed by atoms with van der Waals surface area (Å²) in [5.74, 6) is -0.290. The van der Waals surface area contributed by atoms with E-state index in [1.807, 2.05) is 42.3 Å². The fraction of sp³-hybridized carbons (Fsp3) is 0.316. The molecule has 0 unspecified atom stereocenters. The van der Waals surface area contributed by atoms with Crippen molar-refractivity contribution < 1.29 is 13.2 Å². The molecule has 0 heterocycles. The average molecular weight is 375 g/mol. The molecule has 0 aliphatic carbocycles. The van der Waals surface area contributed by atoms with Gasteiger partial charge in [0.1, 0.15) is 0 Å². The Balaban J connectivity index is 2.08. The predicted molar refractivity (Wildman–Crippen MR) is 104 cm³/mol. The van der Waals surface area contributed by atoms with Gasteiger partial charge >= 0.3 is 0 Å². The molecule has 6 nitrogen and oxygen atoms in total. The van der Waals surface area contributed by atoms with Crippen LogP contribution in [0.5, 0.6) is 0 Å². The molecule has 0 aliphatic heterocycles. The van der Waals surface area contributed by atoms with E-state index in [0.29, 0.717) is 24.2 Å². The number of carbonyl (C=O) groups excluding carboxylic acids is 1. The molecule has 0 spiro atoms. The zero-order chi connectivity index (χ0) is 19.3. The van der Waals surface area contributed by atoms with Gasteiger partial charge in [0.05, 0.1) is 4.90 Å². The molecule has 0 aliphatic rings. The third kappa shape index (κ3) is 4.62. The highest BCUT2D eigenvalue weighted by atomic mass is 32.2. The molecule has 1 amide bonds. The molecular formula is C19H25N3O3S. The number of hydrogen-bond donors (Lipinski definition) is 2. The minimum Gasteiger partial charge on any atom is -0.373 e. The summed E-state index contributed by atoms with van der Waals surface area (Å²) in [6.45, 7) is 4.62. The summed E-state index contributed by atoms with van der Waals surface area (Å²) in [4.78, 5) is 14.6. The highest BCUT2D eigenvalue weighted by Crippen LogP contribution is 2.21. The number of benzene rings is 2. The second kappa shape index (κ2) is 8.33. The van der Waals surface area contributed by atoms with E-state index in [9.17, 15) is 13.2 Å². The molecule has 0 aromatic heterocycles. The molecule has 2 aromatic rings. The maximum Gasteiger partial charge on any atom is 0.251 e. The number of likely N-dealkylation sites (N-methyl/N-ethyl adjacent to an activating group) is 1. The molecule has 2 rings (SSSR count). The summed E-state index contributed by atoms with van der Waals surface area (Å²) >= 11 is 0. The van der Waals surface area contributed by atoms with Crippen LogP contribution < -0.4 is 14.9 Å². The van der Waals surface area contributed by atoms with Crippen LogP contribution in [0, 0.1) is 13.8 Å². The highest BCUT2D eigenvalue weighted by Gasteiger charge is 2.19. The number of nitrogens with zero attached hydrogens (tertiary/aromatic N) is 1. The number of sulfonamides is 1. The second-order valence-electron chi connectivity index (χ2n) is 6.14. The number of hydrogen-bond acceptors (Lipinski definition) is 4. The van der Waals surface area contributed by atoms with Crippen LogP contribution in [-0.2, 0) is 10.0 Å². The van der Waals surface area contributed by atoms with Gasteiger partial charge in [-0.15, -0.1) is 0 Å². The first-order chi connectivity index (χ1) is 12.3. The van der Waals surface area contributed by atoms with Crippen LogP contribution >= 0.6 is 0 Å². The Kier molecular flexibility index (Phi) is 6.39. The third-order valence-electron chi connectivity index (χ3n) is 4.37. The van der Waals surface area contributed by atoms with Crippen molar-refractivity contribution in [3.63, 3.8) is 0 Å². The van der Waals surface area contributed by atoms with E-state index in [2.05, 4.69) is 10.0 Å². The lowest BCUT2D eigenvalue weighted by atomic mass is 10.1. The van der Waals surface area contributed by atoms with Crippen molar-refractivity contribution in [1.29, 1.82) is 0 Å². The van der Waals surface area contributed by atoms with Crippen LogP contribution in [0.2, 0.25) is 0 Å². The number of anilines is 1. The average Bonchev–Trinajstić information content (AvgIpc) is 2.64. The van der Waals surface area contributed by atoms with Crippen LogP contribution in [0.4, 0.5) is 5.69 Å². The fourth-order valence-corrected chi connectivity index (χ4v) is 3.66. The molecule has 0 bridgehead atoms. The molecule has 0 radical (unpaired) electrons. The molecule has 0 saturated carbocycles. The summed E-state index contributed by atoms with van der Waals surface area (Å²) in [5, 5.41) is 2.85. The van der Waals surface area contributed by atoms with Crippen LogP contribution in [0.15, 0.2) is 47.4 Å². The second-order valence-corrected chi connectivity index (χ2v) is 7.99. The Labute approximate surface area is 155 Å². The largest absolute Gasteiger partial charge is 0.373 e. The van der Waals surface area contributed by atoms with Crippen molar-refractivity contribution in [2.75, 3.05) is 32.1 Å². The minimum absolute atomic E-state index is 0.131. The number of rotatable bonds is 7.